The Morgan fingerprint density at radius 3 is 2.80 bits per heavy atom. The molecule has 3 aromatic rings. The molecule has 0 amide bonds. The molecule has 3 rings (SSSR count). The Morgan fingerprint density at radius 2 is 2.12 bits per heavy atom. The summed E-state index contributed by atoms with van der Waals surface area (Å²) in [6.07, 6.45) is 4.97. The second-order valence-electron chi connectivity index (χ2n) is 4.89. The number of anilines is 1. The maximum absolute atomic E-state index is 5.51. The van der Waals surface area contributed by atoms with E-state index in [2.05, 4.69) is 31.8 Å². The zero-order chi connectivity index (χ0) is 17.6. The number of aromatic nitrogens is 4. The van der Waals surface area contributed by atoms with Crippen LogP contribution in [-0.4, -0.2) is 40.7 Å². The van der Waals surface area contributed by atoms with Crippen molar-refractivity contribution in [3.63, 3.8) is 0 Å². The predicted octanol–water partition coefficient (Wildman–Crippen LogP) is 2.81. The van der Waals surface area contributed by atoms with Gasteiger partial charge >= 0.3 is 6.01 Å². The summed E-state index contributed by atoms with van der Waals surface area (Å²) in [5.41, 5.74) is 1.82. The standard InChI is InChI=1S/C17H17N5O3/c1-4-7-18-16-19-10-11(15(22-16)13-6-5-8-25-13)12-9-14(23-2)21-17(20-12)24-3/h4-6,8-10H,1,7H2,2-3H3,(H,18,19,22). The van der Waals surface area contributed by atoms with Crippen molar-refractivity contribution in [2.24, 2.45) is 0 Å². The van der Waals surface area contributed by atoms with Crippen LogP contribution in [0.5, 0.6) is 11.9 Å². The topological polar surface area (TPSA) is 95.2 Å². The third-order valence-corrected chi connectivity index (χ3v) is 3.30. The smallest absolute Gasteiger partial charge is 0.320 e. The summed E-state index contributed by atoms with van der Waals surface area (Å²) >= 11 is 0. The Balaban J connectivity index is 2.13. The zero-order valence-corrected chi connectivity index (χ0v) is 13.9. The van der Waals surface area contributed by atoms with Crippen LogP contribution in [0.4, 0.5) is 5.95 Å². The molecule has 0 bridgehead atoms. The van der Waals surface area contributed by atoms with Gasteiger partial charge in [-0.2, -0.15) is 9.97 Å². The Morgan fingerprint density at radius 1 is 1.24 bits per heavy atom. The van der Waals surface area contributed by atoms with Crippen LogP contribution in [0.1, 0.15) is 0 Å². The molecule has 1 N–H and O–H groups in total. The fraction of sp³-hybridized carbons (Fsp3) is 0.176. The van der Waals surface area contributed by atoms with Gasteiger partial charge in [-0.25, -0.2) is 9.97 Å². The van der Waals surface area contributed by atoms with Crippen LogP contribution in [0.3, 0.4) is 0 Å². The molecule has 128 valence electrons. The maximum Gasteiger partial charge on any atom is 0.320 e. The molecule has 8 nitrogen and oxygen atoms in total. The van der Waals surface area contributed by atoms with E-state index in [1.807, 2.05) is 6.07 Å². The Hall–Kier alpha value is -3.42. The highest BCUT2D eigenvalue weighted by molar-refractivity contribution is 5.77. The third-order valence-electron chi connectivity index (χ3n) is 3.30. The lowest BCUT2D eigenvalue weighted by Gasteiger charge is -2.10. The van der Waals surface area contributed by atoms with Crippen LogP contribution in [-0.2, 0) is 0 Å². The minimum absolute atomic E-state index is 0.189. The normalized spacial score (nSPS) is 10.3. The Bertz CT molecular complexity index is 842. The van der Waals surface area contributed by atoms with Gasteiger partial charge in [0.05, 0.1) is 26.2 Å². The number of ether oxygens (including phenoxy) is 2. The van der Waals surface area contributed by atoms with Crippen LogP contribution >= 0.6 is 0 Å². The number of hydrogen-bond acceptors (Lipinski definition) is 8. The molecule has 0 spiro atoms. The minimum Gasteiger partial charge on any atom is -0.481 e. The van der Waals surface area contributed by atoms with Crippen molar-refractivity contribution in [1.29, 1.82) is 0 Å². The average Bonchev–Trinajstić information content (AvgIpc) is 3.20. The zero-order valence-electron chi connectivity index (χ0n) is 13.9. The largest absolute Gasteiger partial charge is 0.481 e. The van der Waals surface area contributed by atoms with Gasteiger partial charge in [0.15, 0.2) is 5.76 Å². The van der Waals surface area contributed by atoms with Crippen molar-refractivity contribution >= 4 is 5.95 Å². The molecule has 0 aliphatic heterocycles. The van der Waals surface area contributed by atoms with Gasteiger partial charge in [0.25, 0.3) is 0 Å². The van der Waals surface area contributed by atoms with Gasteiger partial charge in [-0.15, -0.1) is 6.58 Å². The van der Waals surface area contributed by atoms with Gasteiger partial charge in [0, 0.05) is 24.4 Å². The van der Waals surface area contributed by atoms with Crippen molar-refractivity contribution in [3.8, 4) is 34.6 Å². The van der Waals surface area contributed by atoms with Gasteiger partial charge in [-0.3, -0.25) is 0 Å². The summed E-state index contributed by atoms with van der Waals surface area (Å²) in [7, 11) is 3.02. The Labute approximate surface area is 144 Å². The van der Waals surface area contributed by atoms with Crippen LogP contribution in [0.2, 0.25) is 0 Å². The molecule has 0 aliphatic rings. The molecule has 0 radical (unpaired) electrons. The fourth-order valence-electron chi connectivity index (χ4n) is 2.16. The second kappa shape index (κ2) is 7.43. The number of methoxy groups -OCH3 is 2. The van der Waals surface area contributed by atoms with Crippen molar-refractivity contribution in [2.75, 3.05) is 26.1 Å². The molecule has 0 atom stereocenters. The summed E-state index contributed by atoms with van der Waals surface area (Å²) in [4.78, 5) is 17.3. The summed E-state index contributed by atoms with van der Waals surface area (Å²) in [5, 5.41) is 3.06. The first kappa shape index (κ1) is 16.4. The van der Waals surface area contributed by atoms with Gasteiger partial charge in [-0.05, 0) is 12.1 Å². The lowest BCUT2D eigenvalue weighted by molar-refractivity contribution is 0.352. The number of nitrogens with zero attached hydrogens (tertiary/aromatic N) is 4. The summed E-state index contributed by atoms with van der Waals surface area (Å²) in [6.45, 7) is 4.22. The van der Waals surface area contributed by atoms with Gasteiger partial charge < -0.3 is 19.2 Å². The van der Waals surface area contributed by atoms with Crippen molar-refractivity contribution in [1.82, 2.24) is 19.9 Å². The molecule has 8 heteroatoms. The van der Waals surface area contributed by atoms with Crippen molar-refractivity contribution in [3.05, 3.63) is 43.3 Å². The van der Waals surface area contributed by atoms with Crippen LogP contribution in [0.25, 0.3) is 22.7 Å². The van der Waals surface area contributed by atoms with E-state index < -0.39 is 0 Å². The molecule has 0 saturated heterocycles. The van der Waals surface area contributed by atoms with E-state index in [1.54, 1.807) is 30.7 Å². The van der Waals surface area contributed by atoms with E-state index in [1.165, 1.54) is 14.2 Å². The highest BCUT2D eigenvalue weighted by Crippen LogP contribution is 2.32. The molecule has 0 unspecified atom stereocenters. The lowest BCUT2D eigenvalue weighted by Crippen LogP contribution is -2.05. The molecular weight excluding hydrogens is 322 g/mol. The third kappa shape index (κ3) is 3.57. The highest BCUT2D eigenvalue weighted by atomic mass is 16.5. The number of nitrogens with one attached hydrogen (secondary N) is 1. The van der Waals surface area contributed by atoms with Crippen molar-refractivity contribution in [2.45, 2.75) is 0 Å². The number of hydrogen-bond donors (Lipinski definition) is 1. The molecule has 0 aliphatic carbocycles. The van der Waals surface area contributed by atoms with E-state index in [4.69, 9.17) is 13.9 Å². The monoisotopic (exact) mass is 339 g/mol. The number of rotatable bonds is 7. The first-order chi connectivity index (χ1) is 12.2. The van der Waals surface area contributed by atoms with Crippen LogP contribution in [0.15, 0.2) is 47.7 Å². The summed E-state index contributed by atoms with van der Waals surface area (Å²) < 4.78 is 15.9. The molecule has 25 heavy (non-hydrogen) atoms. The second-order valence-corrected chi connectivity index (χ2v) is 4.89. The molecule has 0 fully saturated rings. The molecule has 3 aromatic heterocycles. The summed E-state index contributed by atoms with van der Waals surface area (Å²) in [5.74, 6) is 1.43. The predicted molar refractivity (Wildman–Crippen MR) is 92.6 cm³/mol. The SMILES string of the molecule is C=CCNc1ncc(-c2cc(OC)nc(OC)n2)c(-c2ccco2)n1. The molecule has 3 heterocycles. The fourth-order valence-corrected chi connectivity index (χ4v) is 2.16. The maximum atomic E-state index is 5.51. The quantitative estimate of drug-likeness (QED) is 0.657. The molecular formula is C17H17N5O3. The van der Waals surface area contributed by atoms with E-state index in [9.17, 15) is 0 Å². The summed E-state index contributed by atoms with van der Waals surface area (Å²) in [6, 6.07) is 5.48. The van der Waals surface area contributed by atoms with Gasteiger partial charge in [0.2, 0.25) is 11.8 Å². The van der Waals surface area contributed by atoms with E-state index >= 15 is 0 Å². The van der Waals surface area contributed by atoms with Gasteiger partial charge in [0.1, 0.15) is 5.69 Å². The first-order valence-electron chi connectivity index (χ1n) is 7.48. The van der Waals surface area contributed by atoms with E-state index in [0.29, 0.717) is 41.1 Å². The van der Waals surface area contributed by atoms with Crippen molar-refractivity contribution < 1.29 is 13.9 Å². The Kier molecular flexibility index (Phi) is 4.89. The van der Waals surface area contributed by atoms with Crippen LogP contribution in [0, 0.1) is 0 Å². The van der Waals surface area contributed by atoms with Crippen LogP contribution < -0.4 is 14.8 Å². The van der Waals surface area contributed by atoms with E-state index in [-0.39, 0.29) is 6.01 Å². The molecule has 0 aromatic carbocycles. The first-order valence-corrected chi connectivity index (χ1v) is 7.48. The highest BCUT2D eigenvalue weighted by Gasteiger charge is 2.17. The number of furan rings is 1. The lowest BCUT2D eigenvalue weighted by atomic mass is 10.1. The average molecular weight is 339 g/mol. The molecule has 0 saturated carbocycles. The van der Waals surface area contributed by atoms with E-state index in [0.717, 1.165) is 0 Å². The minimum atomic E-state index is 0.189. The van der Waals surface area contributed by atoms with Gasteiger partial charge in [-0.1, -0.05) is 6.08 Å².